The van der Waals surface area contributed by atoms with Crippen LogP contribution in [0.5, 0.6) is 0 Å². The first-order chi connectivity index (χ1) is 12.9. The quantitative estimate of drug-likeness (QED) is 0.621. The average Bonchev–Trinajstić information content (AvgIpc) is 3.10. The minimum atomic E-state index is -0.731. The van der Waals surface area contributed by atoms with Gasteiger partial charge in [0.25, 0.3) is 0 Å². The highest BCUT2D eigenvalue weighted by atomic mass is 16.5. The molecule has 0 aliphatic rings. The summed E-state index contributed by atoms with van der Waals surface area (Å²) in [7, 11) is 1.37. The molecule has 0 amide bonds. The van der Waals surface area contributed by atoms with E-state index in [1.807, 2.05) is 36.4 Å². The number of furan rings is 1. The highest BCUT2D eigenvalue weighted by Crippen LogP contribution is 2.26. The van der Waals surface area contributed by atoms with Gasteiger partial charge < -0.3 is 19.6 Å². The predicted octanol–water partition coefficient (Wildman–Crippen LogP) is 3.86. The smallest absolute Gasteiger partial charge is 0.337 e. The Hall–Kier alpha value is -2.63. The molecule has 0 fully saturated rings. The lowest BCUT2D eigenvalue weighted by Gasteiger charge is -2.28. The Morgan fingerprint density at radius 1 is 1.19 bits per heavy atom. The second-order valence-corrected chi connectivity index (χ2v) is 7.33. The largest absolute Gasteiger partial charge is 0.465 e. The van der Waals surface area contributed by atoms with Gasteiger partial charge in [-0.3, -0.25) is 0 Å². The van der Waals surface area contributed by atoms with Gasteiger partial charge in [0.05, 0.1) is 18.9 Å². The normalized spacial score (nSPS) is 12.9. The van der Waals surface area contributed by atoms with Crippen LogP contribution in [0.25, 0.3) is 10.8 Å². The fourth-order valence-electron chi connectivity index (χ4n) is 3.19. The maximum absolute atomic E-state index is 11.5. The van der Waals surface area contributed by atoms with Crippen molar-refractivity contribution in [3.05, 3.63) is 71.7 Å². The molecule has 0 saturated carbocycles. The zero-order chi connectivity index (χ0) is 19.4. The van der Waals surface area contributed by atoms with Crippen molar-refractivity contribution in [2.24, 2.45) is 0 Å². The number of esters is 1. The first-order valence-corrected chi connectivity index (χ1v) is 8.96. The number of rotatable bonds is 7. The lowest BCUT2D eigenvalue weighted by Crippen LogP contribution is -2.43. The molecule has 1 heterocycles. The van der Waals surface area contributed by atoms with Crippen LogP contribution in [0.4, 0.5) is 0 Å². The van der Waals surface area contributed by atoms with Crippen LogP contribution in [0.15, 0.2) is 59.2 Å². The van der Waals surface area contributed by atoms with Gasteiger partial charge in [-0.25, -0.2) is 4.79 Å². The van der Waals surface area contributed by atoms with E-state index in [9.17, 15) is 9.90 Å². The monoisotopic (exact) mass is 367 g/mol. The summed E-state index contributed by atoms with van der Waals surface area (Å²) in [6.07, 6.45) is 1.69. The lowest BCUT2D eigenvalue weighted by molar-refractivity contribution is 0.0600. The van der Waals surface area contributed by atoms with Crippen molar-refractivity contribution in [3.8, 4) is 0 Å². The van der Waals surface area contributed by atoms with Gasteiger partial charge in [0.15, 0.2) is 0 Å². The van der Waals surface area contributed by atoms with Gasteiger partial charge in [-0.2, -0.15) is 0 Å². The topological polar surface area (TPSA) is 71.7 Å². The van der Waals surface area contributed by atoms with E-state index in [0.29, 0.717) is 17.9 Å². The summed E-state index contributed by atoms with van der Waals surface area (Å²) in [5.41, 5.74) is 1.39. The molecule has 0 bridgehead atoms. The van der Waals surface area contributed by atoms with E-state index in [1.165, 1.54) is 7.11 Å². The third kappa shape index (κ3) is 4.56. The number of β-amino-alcohol motifs (C(OH)–C–C–N with tert-alkyl or cyclic N) is 1. The summed E-state index contributed by atoms with van der Waals surface area (Å²) in [5, 5.41) is 15.9. The summed E-state index contributed by atoms with van der Waals surface area (Å²) in [4.78, 5) is 11.5. The van der Waals surface area contributed by atoms with E-state index in [1.54, 1.807) is 18.4 Å². The molecule has 1 atom stereocenters. The SMILES string of the molecule is COC(=O)c1ccc(CC(C)(C)NCC(O)c2occ3ccccc23)cc1. The van der Waals surface area contributed by atoms with Crippen molar-refractivity contribution in [1.29, 1.82) is 0 Å². The van der Waals surface area contributed by atoms with Crippen LogP contribution in [0.2, 0.25) is 0 Å². The van der Waals surface area contributed by atoms with Crippen LogP contribution in [-0.4, -0.2) is 30.3 Å². The Morgan fingerprint density at radius 3 is 2.59 bits per heavy atom. The fraction of sp³-hybridized carbons (Fsp3) is 0.318. The van der Waals surface area contributed by atoms with Crippen LogP contribution in [0.3, 0.4) is 0 Å². The number of carbonyl (C=O) groups is 1. The zero-order valence-corrected chi connectivity index (χ0v) is 15.9. The van der Waals surface area contributed by atoms with E-state index >= 15 is 0 Å². The Bertz CT molecular complexity index is 911. The molecular formula is C22H25NO4. The van der Waals surface area contributed by atoms with E-state index in [0.717, 1.165) is 22.8 Å². The van der Waals surface area contributed by atoms with Crippen LogP contribution < -0.4 is 5.32 Å². The molecule has 5 heteroatoms. The summed E-state index contributed by atoms with van der Waals surface area (Å²) < 4.78 is 10.3. The lowest BCUT2D eigenvalue weighted by atomic mass is 9.94. The third-order valence-electron chi connectivity index (χ3n) is 4.64. The second-order valence-electron chi connectivity index (χ2n) is 7.33. The Kier molecular flexibility index (Phi) is 5.63. The molecule has 27 heavy (non-hydrogen) atoms. The number of ether oxygens (including phenoxy) is 1. The van der Waals surface area contributed by atoms with Crippen molar-refractivity contribution in [2.75, 3.05) is 13.7 Å². The summed E-state index contributed by atoms with van der Waals surface area (Å²) in [6, 6.07) is 15.2. The molecule has 1 unspecified atom stereocenters. The van der Waals surface area contributed by atoms with Crippen molar-refractivity contribution in [2.45, 2.75) is 31.9 Å². The first kappa shape index (κ1) is 19.1. The van der Waals surface area contributed by atoms with Crippen LogP contribution in [0, 0.1) is 0 Å². The van der Waals surface area contributed by atoms with Gasteiger partial charge in [0.2, 0.25) is 0 Å². The number of hydrogen-bond donors (Lipinski definition) is 2. The molecule has 2 aromatic carbocycles. The highest BCUT2D eigenvalue weighted by molar-refractivity contribution is 5.89. The van der Waals surface area contributed by atoms with Gasteiger partial charge in [-0.1, -0.05) is 36.4 Å². The standard InChI is InChI=1S/C22H25NO4/c1-22(2,12-15-8-10-16(11-9-15)21(25)26-3)23-13-19(24)20-18-7-5-4-6-17(18)14-27-20/h4-11,14,19,23-24H,12-13H2,1-3H3. The van der Waals surface area contributed by atoms with Crippen molar-refractivity contribution in [1.82, 2.24) is 5.32 Å². The summed E-state index contributed by atoms with van der Waals surface area (Å²) in [5.74, 6) is 0.240. The van der Waals surface area contributed by atoms with Gasteiger partial charge >= 0.3 is 5.97 Å². The molecule has 3 rings (SSSR count). The number of aliphatic hydroxyl groups excluding tert-OH is 1. The van der Waals surface area contributed by atoms with Gasteiger partial charge in [-0.15, -0.1) is 0 Å². The van der Waals surface area contributed by atoms with E-state index < -0.39 is 6.10 Å². The van der Waals surface area contributed by atoms with Crippen LogP contribution in [-0.2, 0) is 11.2 Å². The van der Waals surface area contributed by atoms with Crippen molar-refractivity contribution in [3.63, 3.8) is 0 Å². The molecule has 0 saturated heterocycles. The van der Waals surface area contributed by atoms with Crippen LogP contribution in [0.1, 0.15) is 41.6 Å². The predicted molar refractivity (Wildman–Crippen MR) is 105 cm³/mol. The average molecular weight is 367 g/mol. The molecule has 0 spiro atoms. The minimum absolute atomic E-state index is 0.240. The number of fused-ring (bicyclic) bond motifs is 1. The maximum Gasteiger partial charge on any atom is 0.337 e. The molecule has 0 aliphatic heterocycles. The first-order valence-electron chi connectivity index (χ1n) is 8.96. The van der Waals surface area contributed by atoms with Gasteiger partial charge in [0, 0.05) is 22.9 Å². The number of nitrogens with one attached hydrogen (secondary N) is 1. The Labute approximate surface area is 159 Å². The molecule has 1 aromatic heterocycles. The number of methoxy groups -OCH3 is 1. The van der Waals surface area contributed by atoms with Gasteiger partial charge in [-0.05, 0) is 38.0 Å². The summed E-state index contributed by atoms with van der Waals surface area (Å²) >= 11 is 0. The van der Waals surface area contributed by atoms with Crippen molar-refractivity contribution >= 4 is 16.7 Å². The molecule has 0 radical (unpaired) electrons. The Morgan fingerprint density at radius 2 is 1.89 bits per heavy atom. The minimum Gasteiger partial charge on any atom is -0.465 e. The molecule has 5 nitrogen and oxygen atoms in total. The van der Waals surface area contributed by atoms with E-state index in [4.69, 9.17) is 9.15 Å². The molecule has 2 N–H and O–H groups in total. The summed E-state index contributed by atoms with van der Waals surface area (Å²) in [6.45, 7) is 4.53. The van der Waals surface area contributed by atoms with E-state index in [2.05, 4.69) is 19.2 Å². The van der Waals surface area contributed by atoms with Crippen LogP contribution >= 0.6 is 0 Å². The highest BCUT2D eigenvalue weighted by Gasteiger charge is 2.22. The van der Waals surface area contributed by atoms with Gasteiger partial charge in [0.1, 0.15) is 11.9 Å². The second kappa shape index (κ2) is 7.94. The fourth-order valence-corrected chi connectivity index (χ4v) is 3.19. The number of benzene rings is 2. The zero-order valence-electron chi connectivity index (χ0n) is 15.9. The molecule has 0 aliphatic carbocycles. The Balaban J connectivity index is 1.61. The number of aliphatic hydroxyl groups is 1. The molecule has 3 aromatic rings. The maximum atomic E-state index is 11.5. The molecule has 142 valence electrons. The third-order valence-corrected chi connectivity index (χ3v) is 4.64. The van der Waals surface area contributed by atoms with E-state index in [-0.39, 0.29) is 11.5 Å². The number of hydrogen-bond acceptors (Lipinski definition) is 5. The number of carbonyl (C=O) groups excluding carboxylic acids is 1. The molecular weight excluding hydrogens is 342 g/mol. The van der Waals surface area contributed by atoms with Crippen molar-refractivity contribution < 1.29 is 19.1 Å².